The number of aliphatic imine (C=N–C) groups is 1. The van der Waals surface area contributed by atoms with E-state index >= 15 is 0 Å². The van der Waals surface area contributed by atoms with Gasteiger partial charge >= 0.3 is 5.97 Å². The second kappa shape index (κ2) is 7.81. The molecule has 1 saturated carbocycles. The van der Waals surface area contributed by atoms with E-state index in [0.29, 0.717) is 17.4 Å². The van der Waals surface area contributed by atoms with Crippen molar-refractivity contribution >= 4 is 12.2 Å². The van der Waals surface area contributed by atoms with Gasteiger partial charge in [-0.2, -0.15) is 0 Å². The largest absolute Gasteiger partial charge is 0.507 e. The number of carbonyl (C=O) groups excluding carboxylic acids is 1. The molecule has 0 aromatic heterocycles. The van der Waals surface area contributed by atoms with Crippen LogP contribution in [0.4, 0.5) is 0 Å². The van der Waals surface area contributed by atoms with E-state index in [0.717, 1.165) is 18.4 Å². The molecule has 1 aromatic carbocycles. The van der Waals surface area contributed by atoms with Gasteiger partial charge in [-0.05, 0) is 51.2 Å². The Morgan fingerprint density at radius 1 is 1.12 bits per heavy atom. The molecule has 1 aliphatic carbocycles. The zero-order valence-electron chi connectivity index (χ0n) is 17.1. The van der Waals surface area contributed by atoms with Crippen LogP contribution in [0, 0.1) is 5.41 Å². The molecule has 4 heteroatoms. The molecule has 1 aliphatic rings. The lowest BCUT2D eigenvalue weighted by atomic mass is 9.85. The number of esters is 1. The zero-order chi connectivity index (χ0) is 19.5. The summed E-state index contributed by atoms with van der Waals surface area (Å²) in [4.78, 5) is 17.0. The molecule has 0 atom stereocenters. The van der Waals surface area contributed by atoms with Crippen LogP contribution in [0.15, 0.2) is 17.1 Å². The summed E-state index contributed by atoms with van der Waals surface area (Å²) in [5.74, 6) is 0.378. The van der Waals surface area contributed by atoms with Gasteiger partial charge in [0.25, 0.3) is 0 Å². The second-order valence-electron chi connectivity index (χ2n) is 9.37. The molecular formula is C22H33NO3. The molecule has 26 heavy (non-hydrogen) atoms. The highest BCUT2D eigenvalue weighted by Gasteiger charge is 2.26. The third-order valence-corrected chi connectivity index (χ3v) is 4.74. The number of rotatable bonds is 3. The first-order chi connectivity index (χ1) is 12.0. The maximum atomic E-state index is 12.3. The van der Waals surface area contributed by atoms with Crippen molar-refractivity contribution in [1.29, 1.82) is 0 Å². The predicted molar refractivity (Wildman–Crippen MR) is 106 cm³/mol. The van der Waals surface area contributed by atoms with Gasteiger partial charge in [0, 0.05) is 23.4 Å². The average molecular weight is 360 g/mol. The van der Waals surface area contributed by atoms with Crippen LogP contribution in [-0.2, 0) is 10.2 Å². The first-order valence-electron chi connectivity index (χ1n) is 9.61. The van der Waals surface area contributed by atoms with Crippen molar-refractivity contribution in [2.24, 2.45) is 10.4 Å². The quantitative estimate of drug-likeness (QED) is 0.447. The van der Waals surface area contributed by atoms with Crippen molar-refractivity contribution in [3.8, 4) is 11.5 Å². The highest BCUT2D eigenvalue weighted by Crippen LogP contribution is 2.37. The Hall–Kier alpha value is -1.84. The van der Waals surface area contributed by atoms with Crippen LogP contribution < -0.4 is 4.74 Å². The summed E-state index contributed by atoms with van der Waals surface area (Å²) in [6.45, 7) is 11.6. The lowest BCUT2D eigenvalue weighted by Crippen LogP contribution is -2.26. The molecule has 0 radical (unpaired) electrons. The van der Waals surface area contributed by atoms with Crippen molar-refractivity contribution in [2.75, 3.05) is 0 Å². The van der Waals surface area contributed by atoms with Gasteiger partial charge in [-0.25, -0.2) is 0 Å². The summed E-state index contributed by atoms with van der Waals surface area (Å²) in [5.41, 5.74) is 0.499. The molecule has 0 bridgehead atoms. The molecular weight excluding hydrogens is 326 g/mol. The van der Waals surface area contributed by atoms with E-state index in [2.05, 4.69) is 4.99 Å². The first kappa shape index (κ1) is 20.5. The Bertz CT molecular complexity index is 672. The predicted octanol–water partition coefficient (Wildman–Crippen LogP) is 5.39. The lowest BCUT2D eigenvalue weighted by Gasteiger charge is -2.24. The van der Waals surface area contributed by atoms with Gasteiger partial charge in [0.15, 0.2) is 0 Å². The minimum atomic E-state index is -0.587. The minimum absolute atomic E-state index is 0.215. The highest BCUT2D eigenvalue weighted by molar-refractivity contribution is 5.86. The van der Waals surface area contributed by atoms with Crippen LogP contribution in [0.25, 0.3) is 0 Å². The summed E-state index contributed by atoms with van der Waals surface area (Å²) < 4.78 is 5.59. The van der Waals surface area contributed by atoms with E-state index in [9.17, 15) is 9.90 Å². The van der Waals surface area contributed by atoms with Gasteiger partial charge in [-0.15, -0.1) is 0 Å². The van der Waals surface area contributed by atoms with Crippen molar-refractivity contribution < 1.29 is 14.6 Å². The van der Waals surface area contributed by atoms with Crippen molar-refractivity contribution in [3.05, 3.63) is 23.3 Å². The molecule has 0 heterocycles. The molecule has 0 spiro atoms. The van der Waals surface area contributed by atoms with E-state index in [4.69, 9.17) is 4.74 Å². The van der Waals surface area contributed by atoms with Crippen molar-refractivity contribution in [2.45, 2.75) is 85.1 Å². The van der Waals surface area contributed by atoms with Gasteiger partial charge in [0.05, 0.1) is 5.41 Å². The van der Waals surface area contributed by atoms with Crippen LogP contribution in [0.5, 0.6) is 11.5 Å². The van der Waals surface area contributed by atoms with E-state index in [1.807, 2.05) is 41.5 Å². The topological polar surface area (TPSA) is 58.9 Å². The fraction of sp³-hybridized carbons (Fsp3) is 0.636. The van der Waals surface area contributed by atoms with Crippen LogP contribution in [0.2, 0.25) is 0 Å². The minimum Gasteiger partial charge on any atom is -0.507 e. The van der Waals surface area contributed by atoms with Crippen LogP contribution in [-0.4, -0.2) is 23.3 Å². The Labute approximate surface area is 157 Å². The number of aromatic hydroxyl groups is 1. The number of nitrogens with zero attached hydrogens (tertiary/aromatic N) is 1. The Morgan fingerprint density at radius 3 is 2.27 bits per heavy atom. The number of hydrogen-bond donors (Lipinski definition) is 1. The number of phenolic OH excluding ortho intramolecular Hbond substituents is 1. The summed E-state index contributed by atoms with van der Waals surface area (Å²) in [7, 11) is 0. The fourth-order valence-electron chi connectivity index (χ4n) is 3.03. The maximum absolute atomic E-state index is 12.3. The average Bonchev–Trinajstić information content (AvgIpc) is 2.54. The SMILES string of the molecule is CC(C)(C)C(=O)Oc1cc(C=NC2CCCCC2)c(O)c(C(C)(C)C)c1. The Kier molecular flexibility index (Phi) is 6.15. The van der Waals surface area contributed by atoms with Gasteiger partial charge in [-0.3, -0.25) is 9.79 Å². The van der Waals surface area contributed by atoms with E-state index < -0.39 is 5.41 Å². The molecule has 144 valence electrons. The molecule has 4 nitrogen and oxygen atoms in total. The normalized spacial score (nSPS) is 16.8. The molecule has 0 amide bonds. The number of ether oxygens (including phenoxy) is 1. The van der Waals surface area contributed by atoms with E-state index in [1.165, 1.54) is 19.3 Å². The Morgan fingerprint density at radius 2 is 1.73 bits per heavy atom. The van der Waals surface area contributed by atoms with Crippen LogP contribution in [0.1, 0.15) is 84.8 Å². The van der Waals surface area contributed by atoms with Gasteiger partial charge in [0.1, 0.15) is 11.5 Å². The molecule has 1 fully saturated rings. The van der Waals surface area contributed by atoms with Crippen LogP contribution in [0.3, 0.4) is 0 Å². The zero-order valence-corrected chi connectivity index (χ0v) is 17.1. The fourth-order valence-corrected chi connectivity index (χ4v) is 3.03. The highest BCUT2D eigenvalue weighted by atomic mass is 16.5. The third-order valence-electron chi connectivity index (χ3n) is 4.74. The summed E-state index contributed by atoms with van der Waals surface area (Å²) in [6, 6.07) is 3.79. The summed E-state index contributed by atoms with van der Waals surface area (Å²) >= 11 is 0. The lowest BCUT2D eigenvalue weighted by molar-refractivity contribution is -0.143. The first-order valence-corrected chi connectivity index (χ1v) is 9.61. The molecule has 2 rings (SSSR count). The monoisotopic (exact) mass is 359 g/mol. The molecule has 0 aliphatic heterocycles. The summed E-state index contributed by atoms with van der Waals surface area (Å²) in [6.07, 6.45) is 7.65. The molecule has 1 N–H and O–H groups in total. The number of hydrogen-bond acceptors (Lipinski definition) is 4. The molecule has 1 aromatic rings. The maximum Gasteiger partial charge on any atom is 0.316 e. The van der Waals surface area contributed by atoms with Crippen molar-refractivity contribution in [3.63, 3.8) is 0 Å². The van der Waals surface area contributed by atoms with E-state index in [-0.39, 0.29) is 17.1 Å². The van der Waals surface area contributed by atoms with Gasteiger partial charge < -0.3 is 9.84 Å². The van der Waals surface area contributed by atoms with Crippen molar-refractivity contribution in [1.82, 2.24) is 0 Å². The molecule has 0 saturated heterocycles. The number of carbonyl (C=O) groups is 1. The standard InChI is InChI=1S/C22H33NO3/c1-21(2,3)18-13-17(26-20(25)22(4,5)6)12-15(19(18)24)14-23-16-10-8-7-9-11-16/h12-14,16,24H,7-11H2,1-6H3. The van der Waals surface area contributed by atoms with Crippen LogP contribution >= 0.6 is 0 Å². The second-order valence-corrected chi connectivity index (χ2v) is 9.37. The van der Waals surface area contributed by atoms with Gasteiger partial charge in [-0.1, -0.05) is 40.0 Å². The number of phenols is 1. The Balaban J connectivity index is 2.37. The van der Waals surface area contributed by atoms with Gasteiger partial charge in [0.2, 0.25) is 0 Å². The summed E-state index contributed by atoms with van der Waals surface area (Å²) in [5, 5.41) is 10.7. The van der Waals surface area contributed by atoms with E-state index in [1.54, 1.807) is 18.3 Å². The third kappa shape index (κ3) is 5.33. The molecule has 0 unspecified atom stereocenters. The smallest absolute Gasteiger partial charge is 0.316 e. The number of benzene rings is 1.